The Morgan fingerprint density at radius 3 is 2.34 bits per heavy atom. The highest BCUT2D eigenvalue weighted by Gasteiger charge is 2.58. The third-order valence-electron chi connectivity index (χ3n) is 4.64. The smallest absolute Gasteiger partial charge is 0.325 e. The van der Waals surface area contributed by atoms with Crippen LogP contribution in [0.2, 0.25) is 5.02 Å². The molecule has 0 saturated carbocycles. The van der Waals surface area contributed by atoms with Crippen LogP contribution in [0.3, 0.4) is 0 Å². The van der Waals surface area contributed by atoms with Crippen molar-refractivity contribution in [2.24, 2.45) is 16.8 Å². The molecule has 0 spiro atoms. The van der Waals surface area contributed by atoms with Crippen LogP contribution in [-0.2, 0) is 11.5 Å². The van der Waals surface area contributed by atoms with E-state index in [9.17, 15) is 13.9 Å². The van der Waals surface area contributed by atoms with E-state index in [2.05, 4.69) is 15.1 Å². The number of hydrogen-bond acceptors (Lipinski definition) is 6. The van der Waals surface area contributed by atoms with Crippen molar-refractivity contribution in [2.75, 3.05) is 6.54 Å². The number of hydrazone groups is 1. The summed E-state index contributed by atoms with van der Waals surface area (Å²) in [5.74, 6) is 3.86. The second-order valence-electron chi connectivity index (χ2n) is 6.79. The summed E-state index contributed by atoms with van der Waals surface area (Å²) in [7, 11) is 0. The van der Waals surface area contributed by atoms with Crippen molar-refractivity contribution in [3.8, 4) is 11.3 Å². The normalized spacial score (nSPS) is 13.8. The Morgan fingerprint density at radius 1 is 1.09 bits per heavy atom. The number of hydrazine groups is 1. The summed E-state index contributed by atoms with van der Waals surface area (Å²) < 4.78 is 58.9. The Kier molecular flexibility index (Phi) is 6.63. The Balaban J connectivity index is 2.07. The van der Waals surface area contributed by atoms with Crippen molar-refractivity contribution in [3.63, 3.8) is 0 Å². The molecule has 0 fully saturated rings. The summed E-state index contributed by atoms with van der Waals surface area (Å²) in [5, 5.41) is 15.1. The van der Waals surface area contributed by atoms with Crippen molar-refractivity contribution in [2.45, 2.75) is 11.5 Å². The molecule has 0 aliphatic rings. The van der Waals surface area contributed by atoms with E-state index in [1.165, 1.54) is 0 Å². The van der Waals surface area contributed by atoms with E-state index in [1.807, 2.05) is 0 Å². The van der Waals surface area contributed by atoms with Crippen molar-refractivity contribution < 1.29 is 22.7 Å². The molecule has 5 N–H and O–H groups in total. The molecular weight excluding hydrogens is 452 g/mol. The molecular formula is C20H17ClF4N6O. The van der Waals surface area contributed by atoms with Gasteiger partial charge in [-0.15, -0.1) is 0 Å². The standard InChI is InChI=1S/C20H17ClF4N6O/c21-13-3-1-12(2-4-13)17-8-29-18(9-28-17)20(24,25)19(32,10-31(27)11-30-26)15-6-5-14(22)7-16(15)23/h1-9,11,32H,10,26-27H2/b30-11-. The molecule has 0 amide bonds. The van der Waals surface area contributed by atoms with Gasteiger partial charge in [0, 0.05) is 22.2 Å². The lowest BCUT2D eigenvalue weighted by Crippen LogP contribution is -2.54. The SMILES string of the molecule is N/N=C\N(N)CC(O)(c1ccc(F)cc1F)C(F)(F)c1cnc(-c2ccc(Cl)cc2)cn1. The number of alkyl halides is 2. The summed E-state index contributed by atoms with van der Waals surface area (Å²) in [6.45, 7) is -1.07. The molecule has 1 heterocycles. The second-order valence-corrected chi connectivity index (χ2v) is 7.23. The third kappa shape index (κ3) is 4.49. The van der Waals surface area contributed by atoms with Gasteiger partial charge in [0.25, 0.3) is 0 Å². The number of benzene rings is 2. The molecule has 2 aromatic carbocycles. The Bertz CT molecular complexity index is 1110. The quantitative estimate of drug-likeness (QED) is 0.161. The topological polar surface area (TPSA) is 114 Å². The Labute approximate surface area is 184 Å². The third-order valence-corrected chi connectivity index (χ3v) is 4.89. The molecule has 0 aliphatic heterocycles. The molecule has 12 heteroatoms. The van der Waals surface area contributed by atoms with Gasteiger partial charge in [-0.3, -0.25) is 15.0 Å². The maximum absolute atomic E-state index is 15.6. The van der Waals surface area contributed by atoms with E-state index in [0.717, 1.165) is 24.8 Å². The Hall–Kier alpha value is -3.28. The van der Waals surface area contributed by atoms with E-state index in [4.69, 9.17) is 23.3 Å². The molecule has 0 aliphatic carbocycles. The number of hydrogen-bond donors (Lipinski definition) is 3. The van der Waals surface area contributed by atoms with Gasteiger partial charge in [-0.1, -0.05) is 23.7 Å². The van der Waals surface area contributed by atoms with Crippen molar-refractivity contribution in [3.05, 3.63) is 82.8 Å². The first kappa shape index (κ1) is 23.4. The molecule has 3 aromatic rings. The van der Waals surface area contributed by atoms with Crippen LogP contribution in [0, 0.1) is 11.6 Å². The first-order chi connectivity index (χ1) is 15.1. The summed E-state index contributed by atoms with van der Waals surface area (Å²) >= 11 is 5.83. The van der Waals surface area contributed by atoms with Crippen LogP contribution in [0.25, 0.3) is 11.3 Å². The van der Waals surface area contributed by atoms with E-state index >= 15 is 8.78 Å². The second kappa shape index (κ2) is 9.07. The van der Waals surface area contributed by atoms with Crippen LogP contribution in [-0.4, -0.2) is 33.0 Å². The molecule has 32 heavy (non-hydrogen) atoms. The molecule has 0 saturated heterocycles. The van der Waals surface area contributed by atoms with Crippen LogP contribution in [0.1, 0.15) is 11.3 Å². The highest BCUT2D eigenvalue weighted by Crippen LogP contribution is 2.45. The lowest BCUT2D eigenvalue weighted by atomic mass is 9.84. The molecule has 1 atom stereocenters. The monoisotopic (exact) mass is 468 g/mol. The Morgan fingerprint density at radius 2 is 1.78 bits per heavy atom. The van der Waals surface area contributed by atoms with E-state index in [-0.39, 0.29) is 5.69 Å². The minimum absolute atomic E-state index is 0.258. The molecule has 1 aromatic heterocycles. The van der Waals surface area contributed by atoms with Gasteiger partial charge in [0.15, 0.2) is 5.60 Å². The highest BCUT2D eigenvalue weighted by molar-refractivity contribution is 6.30. The number of halogens is 5. The predicted octanol–water partition coefficient (Wildman–Crippen LogP) is 3.13. The highest BCUT2D eigenvalue weighted by atomic mass is 35.5. The number of rotatable bonds is 7. The zero-order valence-corrected chi connectivity index (χ0v) is 17.0. The first-order valence-corrected chi connectivity index (χ1v) is 9.35. The lowest BCUT2D eigenvalue weighted by Gasteiger charge is -2.37. The molecule has 168 valence electrons. The van der Waals surface area contributed by atoms with Crippen molar-refractivity contribution in [1.82, 2.24) is 15.0 Å². The van der Waals surface area contributed by atoms with Crippen molar-refractivity contribution >= 4 is 17.9 Å². The first-order valence-electron chi connectivity index (χ1n) is 8.97. The van der Waals surface area contributed by atoms with Gasteiger partial charge < -0.3 is 10.9 Å². The predicted molar refractivity (Wildman–Crippen MR) is 110 cm³/mol. The van der Waals surface area contributed by atoms with Crippen LogP contribution in [0.15, 0.2) is 60.0 Å². The van der Waals surface area contributed by atoms with Crippen molar-refractivity contribution in [1.29, 1.82) is 0 Å². The number of aromatic nitrogens is 2. The average Bonchev–Trinajstić information content (AvgIpc) is 2.74. The van der Waals surface area contributed by atoms with Gasteiger partial charge in [0.05, 0.1) is 24.6 Å². The molecule has 7 nitrogen and oxygen atoms in total. The largest absolute Gasteiger partial charge is 0.377 e. The van der Waals surface area contributed by atoms with E-state index < -0.39 is 41.0 Å². The molecule has 1 unspecified atom stereocenters. The van der Waals surface area contributed by atoms with Gasteiger partial charge in [0.1, 0.15) is 23.7 Å². The minimum atomic E-state index is -4.22. The van der Waals surface area contributed by atoms with E-state index in [1.54, 1.807) is 24.3 Å². The maximum Gasteiger partial charge on any atom is 0.325 e. The zero-order chi connectivity index (χ0) is 23.5. The van der Waals surface area contributed by atoms with Gasteiger partial charge in [-0.25, -0.2) is 14.6 Å². The van der Waals surface area contributed by atoms with Gasteiger partial charge in [0.2, 0.25) is 0 Å². The van der Waals surface area contributed by atoms with Crippen LogP contribution < -0.4 is 11.7 Å². The average molecular weight is 469 g/mol. The summed E-state index contributed by atoms with van der Waals surface area (Å²) in [5.41, 5.74) is -4.36. The van der Waals surface area contributed by atoms with Crippen LogP contribution >= 0.6 is 11.6 Å². The maximum atomic E-state index is 15.6. The fourth-order valence-corrected chi connectivity index (χ4v) is 3.17. The summed E-state index contributed by atoms with van der Waals surface area (Å²) in [6.07, 6.45) is 2.56. The van der Waals surface area contributed by atoms with Crippen LogP contribution in [0.4, 0.5) is 17.6 Å². The number of nitrogens with zero attached hydrogens (tertiary/aromatic N) is 4. The van der Waals surface area contributed by atoms with E-state index in [0.29, 0.717) is 27.7 Å². The molecule has 0 bridgehead atoms. The van der Waals surface area contributed by atoms with Gasteiger partial charge in [-0.05, 0) is 24.3 Å². The lowest BCUT2D eigenvalue weighted by molar-refractivity contribution is -0.204. The summed E-state index contributed by atoms with van der Waals surface area (Å²) in [6, 6.07) is 8.20. The fourth-order valence-electron chi connectivity index (χ4n) is 3.04. The van der Waals surface area contributed by atoms with Crippen LogP contribution in [0.5, 0.6) is 0 Å². The summed E-state index contributed by atoms with van der Waals surface area (Å²) in [4.78, 5) is 7.68. The zero-order valence-electron chi connectivity index (χ0n) is 16.3. The fraction of sp³-hybridized carbons (Fsp3) is 0.150. The van der Waals surface area contributed by atoms with Gasteiger partial charge >= 0.3 is 5.92 Å². The molecule has 3 rings (SSSR count). The van der Waals surface area contributed by atoms with Gasteiger partial charge in [-0.2, -0.15) is 13.9 Å². The number of nitrogens with two attached hydrogens (primary N) is 2. The molecule has 0 radical (unpaired) electrons. The number of aliphatic hydroxyl groups is 1. The minimum Gasteiger partial charge on any atom is -0.377 e.